The summed E-state index contributed by atoms with van der Waals surface area (Å²) in [4.78, 5) is 61.7. The minimum Gasteiger partial charge on any atom is -0.242 e. The molecule has 114 valence electrons. The number of hydrogen-bond donors (Lipinski definition) is 0. The van der Waals surface area contributed by atoms with Gasteiger partial charge in [-0.3, -0.25) is 0 Å². The Kier molecular flexibility index (Phi) is 6.05. The molecule has 8 heteroatoms. The molecule has 0 bridgehead atoms. The molecule has 0 fully saturated rings. The summed E-state index contributed by atoms with van der Waals surface area (Å²) >= 11 is 0. The standard InChI is InChI=1S/C14H10O8/c1-3-11(15)19-21-13(17)9-7-5-6-8-10(9)14(18)22-20-12(16)4-2/h3-8H,1-2H2. The van der Waals surface area contributed by atoms with Crippen LogP contribution in [0.25, 0.3) is 0 Å². The van der Waals surface area contributed by atoms with Crippen molar-refractivity contribution in [1.82, 2.24) is 0 Å². The third kappa shape index (κ3) is 4.60. The lowest BCUT2D eigenvalue weighted by Crippen LogP contribution is -2.16. The van der Waals surface area contributed by atoms with Crippen LogP contribution in [-0.2, 0) is 29.1 Å². The molecule has 0 radical (unpaired) electrons. The molecular weight excluding hydrogens is 296 g/mol. The molecule has 0 heterocycles. The van der Waals surface area contributed by atoms with Gasteiger partial charge in [-0.25, -0.2) is 38.7 Å². The number of rotatable bonds is 4. The first-order valence-electron chi connectivity index (χ1n) is 5.69. The maximum absolute atomic E-state index is 11.7. The molecule has 1 rings (SSSR count). The van der Waals surface area contributed by atoms with Crippen molar-refractivity contribution in [2.75, 3.05) is 0 Å². The predicted molar refractivity (Wildman–Crippen MR) is 69.9 cm³/mol. The molecule has 0 aliphatic carbocycles. The normalized spacial score (nSPS) is 9.09. The van der Waals surface area contributed by atoms with Gasteiger partial charge in [0.25, 0.3) is 0 Å². The molecule has 0 aliphatic rings. The number of hydrogen-bond acceptors (Lipinski definition) is 8. The summed E-state index contributed by atoms with van der Waals surface area (Å²) in [5.41, 5.74) is -0.530. The van der Waals surface area contributed by atoms with Crippen LogP contribution in [0.4, 0.5) is 0 Å². The predicted octanol–water partition coefficient (Wildman–Crippen LogP) is 1.29. The van der Waals surface area contributed by atoms with Gasteiger partial charge in [-0.05, 0) is 12.1 Å². The second-order valence-electron chi connectivity index (χ2n) is 3.50. The van der Waals surface area contributed by atoms with Crippen LogP contribution in [0, 0.1) is 0 Å². The van der Waals surface area contributed by atoms with Gasteiger partial charge in [0.15, 0.2) is 0 Å². The molecule has 0 unspecified atom stereocenters. The lowest BCUT2D eigenvalue weighted by Gasteiger charge is -2.06. The average Bonchev–Trinajstić information content (AvgIpc) is 2.56. The van der Waals surface area contributed by atoms with Crippen LogP contribution in [0.15, 0.2) is 49.6 Å². The first kappa shape index (κ1) is 16.6. The van der Waals surface area contributed by atoms with Crippen molar-refractivity contribution in [3.8, 4) is 0 Å². The van der Waals surface area contributed by atoms with Crippen molar-refractivity contribution >= 4 is 23.9 Å². The van der Waals surface area contributed by atoms with Crippen LogP contribution < -0.4 is 0 Å². The zero-order chi connectivity index (χ0) is 16.5. The van der Waals surface area contributed by atoms with Crippen LogP contribution >= 0.6 is 0 Å². The molecule has 1 aromatic carbocycles. The minimum absolute atomic E-state index is 0.265. The largest absolute Gasteiger partial charge is 0.387 e. The zero-order valence-corrected chi connectivity index (χ0v) is 11.1. The van der Waals surface area contributed by atoms with Crippen molar-refractivity contribution in [2.24, 2.45) is 0 Å². The highest BCUT2D eigenvalue weighted by atomic mass is 17.2. The fraction of sp³-hybridized carbons (Fsp3) is 0. The van der Waals surface area contributed by atoms with Gasteiger partial charge >= 0.3 is 23.9 Å². The van der Waals surface area contributed by atoms with Crippen LogP contribution in [0.5, 0.6) is 0 Å². The molecular formula is C14H10O8. The Labute approximate surface area is 124 Å². The van der Waals surface area contributed by atoms with Crippen LogP contribution in [0.1, 0.15) is 20.7 Å². The first-order chi connectivity index (χ1) is 10.5. The summed E-state index contributed by atoms with van der Waals surface area (Å²) in [7, 11) is 0. The molecule has 0 spiro atoms. The van der Waals surface area contributed by atoms with Gasteiger partial charge in [0.1, 0.15) is 0 Å². The van der Waals surface area contributed by atoms with Gasteiger partial charge in [0, 0.05) is 12.2 Å². The molecule has 0 aliphatic heterocycles. The Morgan fingerprint density at radius 1 is 0.727 bits per heavy atom. The lowest BCUT2D eigenvalue weighted by atomic mass is 10.1. The summed E-state index contributed by atoms with van der Waals surface area (Å²) in [5, 5.41) is 0. The van der Waals surface area contributed by atoms with Gasteiger partial charge in [-0.1, -0.05) is 25.3 Å². The van der Waals surface area contributed by atoms with E-state index in [4.69, 9.17) is 0 Å². The molecule has 22 heavy (non-hydrogen) atoms. The highest BCUT2D eigenvalue weighted by Crippen LogP contribution is 2.12. The summed E-state index contributed by atoms with van der Waals surface area (Å²) in [6.07, 6.45) is 1.56. The quantitative estimate of drug-likeness (QED) is 0.465. The maximum Gasteiger partial charge on any atom is 0.387 e. The molecule has 0 aromatic heterocycles. The lowest BCUT2D eigenvalue weighted by molar-refractivity contribution is -0.229. The Morgan fingerprint density at radius 3 is 1.41 bits per heavy atom. The van der Waals surface area contributed by atoms with Crippen LogP contribution in [-0.4, -0.2) is 23.9 Å². The topological polar surface area (TPSA) is 105 Å². The van der Waals surface area contributed by atoms with Crippen LogP contribution in [0.3, 0.4) is 0 Å². The highest BCUT2D eigenvalue weighted by molar-refractivity contribution is 6.03. The summed E-state index contributed by atoms with van der Waals surface area (Å²) in [6.45, 7) is 6.22. The van der Waals surface area contributed by atoms with Crippen molar-refractivity contribution in [3.05, 3.63) is 60.7 Å². The Balaban J connectivity index is 2.84. The number of carbonyl (C=O) groups is 4. The Hall–Kier alpha value is -3.42. The highest BCUT2D eigenvalue weighted by Gasteiger charge is 2.22. The van der Waals surface area contributed by atoms with E-state index in [1.807, 2.05) is 0 Å². The van der Waals surface area contributed by atoms with Crippen molar-refractivity contribution < 1.29 is 38.7 Å². The molecule has 8 nitrogen and oxygen atoms in total. The van der Waals surface area contributed by atoms with E-state index in [2.05, 4.69) is 32.7 Å². The second kappa shape index (κ2) is 8.00. The zero-order valence-electron chi connectivity index (χ0n) is 11.1. The van der Waals surface area contributed by atoms with E-state index < -0.39 is 23.9 Å². The van der Waals surface area contributed by atoms with E-state index in [-0.39, 0.29) is 11.1 Å². The van der Waals surface area contributed by atoms with Gasteiger partial charge in [0.2, 0.25) is 0 Å². The molecule has 0 atom stereocenters. The molecule has 1 aromatic rings. The van der Waals surface area contributed by atoms with E-state index in [1.54, 1.807) is 0 Å². The maximum atomic E-state index is 11.7. The van der Waals surface area contributed by atoms with Gasteiger partial charge < -0.3 is 0 Å². The number of carbonyl (C=O) groups excluding carboxylic acids is 4. The third-order valence-electron chi connectivity index (χ3n) is 2.10. The van der Waals surface area contributed by atoms with Gasteiger partial charge in [-0.15, -0.1) is 0 Å². The first-order valence-corrected chi connectivity index (χ1v) is 5.69. The van der Waals surface area contributed by atoms with Crippen molar-refractivity contribution in [2.45, 2.75) is 0 Å². The fourth-order valence-corrected chi connectivity index (χ4v) is 1.15. The Morgan fingerprint density at radius 2 is 1.09 bits per heavy atom. The van der Waals surface area contributed by atoms with Gasteiger partial charge in [0.05, 0.1) is 11.1 Å². The molecule has 0 saturated carbocycles. The average molecular weight is 306 g/mol. The number of benzene rings is 1. The minimum atomic E-state index is -1.13. The monoisotopic (exact) mass is 306 g/mol. The summed E-state index contributed by atoms with van der Waals surface area (Å²) < 4.78 is 0. The SMILES string of the molecule is C=CC(=O)OOC(=O)c1ccccc1C(=O)OOC(=O)C=C. The fourth-order valence-electron chi connectivity index (χ4n) is 1.15. The smallest absolute Gasteiger partial charge is 0.242 e. The van der Waals surface area contributed by atoms with Crippen LogP contribution in [0.2, 0.25) is 0 Å². The van der Waals surface area contributed by atoms with E-state index in [0.29, 0.717) is 0 Å². The summed E-state index contributed by atoms with van der Waals surface area (Å²) in [6, 6.07) is 5.29. The van der Waals surface area contributed by atoms with E-state index in [0.717, 1.165) is 12.2 Å². The van der Waals surface area contributed by atoms with Crippen molar-refractivity contribution in [3.63, 3.8) is 0 Å². The van der Waals surface area contributed by atoms with Gasteiger partial charge in [-0.2, -0.15) is 0 Å². The third-order valence-corrected chi connectivity index (χ3v) is 2.10. The molecule has 0 N–H and O–H groups in total. The van der Waals surface area contributed by atoms with E-state index >= 15 is 0 Å². The van der Waals surface area contributed by atoms with E-state index in [9.17, 15) is 19.2 Å². The summed E-state index contributed by atoms with van der Waals surface area (Å²) in [5.74, 6) is -4.24. The van der Waals surface area contributed by atoms with E-state index in [1.165, 1.54) is 24.3 Å². The Bertz CT molecular complexity index is 576. The van der Waals surface area contributed by atoms with Crippen molar-refractivity contribution in [1.29, 1.82) is 0 Å². The molecule has 0 amide bonds. The second-order valence-corrected chi connectivity index (χ2v) is 3.50. The molecule has 0 saturated heterocycles.